The molecule has 15 heavy (non-hydrogen) atoms. The molecular formula is C11H12BrNO2. The van der Waals surface area contributed by atoms with Crippen LogP contribution >= 0.6 is 15.9 Å². The first-order chi connectivity index (χ1) is 7.20. The van der Waals surface area contributed by atoms with Gasteiger partial charge in [-0.05, 0) is 24.3 Å². The number of halogens is 1. The Bertz CT molecular complexity index is 357. The molecule has 4 heteroatoms. The molecule has 3 nitrogen and oxygen atoms in total. The van der Waals surface area contributed by atoms with Gasteiger partial charge in [0.15, 0.2) is 0 Å². The molecule has 1 aromatic carbocycles. The maximum absolute atomic E-state index is 11.8. The summed E-state index contributed by atoms with van der Waals surface area (Å²) in [6.45, 7) is 1.65. The maximum atomic E-state index is 11.8. The fraction of sp³-hybridized carbons (Fsp3) is 0.364. The number of phenols is 1. The van der Waals surface area contributed by atoms with Crippen LogP contribution in [0.5, 0.6) is 5.75 Å². The molecule has 1 saturated heterocycles. The van der Waals surface area contributed by atoms with Crippen molar-refractivity contribution in [3.05, 3.63) is 29.8 Å². The van der Waals surface area contributed by atoms with Gasteiger partial charge >= 0.3 is 0 Å². The Morgan fingerprint density at radius 2 is 2.00 bits per heavy atom. The van der Waals surface area contributed by atoms with Gasteiger partial charge in [0.25, 0.3) is 5.91 Å². The van der Waals surface area contributed by atoms with Gasteiger partial charge in [-0.1, -0.05) is 15.9 Å². The zero-order chi connectivity index (χ0) is 10.8. The molecule has 2 rings (SSSR count). The molecule has 1 aliphatic heterocycles. The van der Waals surface area contributed by atoms with Crippen molar-refractivity contribution in [3.8, 4) is 5.75 Å². The van der Waals surface area contributed by atoms with Crippen LogP contribution in [-0.2, 0) is 0 Å². The number of amides is 1. The van der Waals surface area contributed by atoms with Crippen LogP contribution in [0.1, 0.15) is 10.4 Å². The molecule has 80 valence electrons. The molecule has 1 aliphatic rings. The third-order valence-corrected chi connectivity index (χ3v) is 3.49. The van der Waals surface area contributed by atoms with Gasteiger partial charge in [-0.25, -0.2) is 0 Å². The van der Waals surface area contributed by atoms with Crippen LogP contribution in [0.3, 0.4) is 0 Å². The Labute approximate surface area is 96.8 Å². The zero-order valence-corrected chi connectivity index (χ0v) is 9.77. The molecule has 0 atom stereocenters. The van der Waals surface area contributed by atoms with E-state index in [1.807, 2.05) is 4.90 Å². The quantitative estimate of drug-likeness (QED) is 0.833. The van der Waals surface area contributed by atoms with E-state index in [0.29, 0.717) is 11.5 Å². The Hall–Kier alpha value is -1.03. The van der Waals surface area contributed by atoms with E-state index < -0.39 is 0 Å². The first-order valence-electron chi connectivity index (χ1n) is 4.85. The summed E-state index contributed by atoms with van der Waals surface area (Å²) in [5.41, 5.74) is 0.640. The topological polar surface area (TPSA) is 40.5 Å². The molecule has 1 heterocycles. The van der Waals surface area contributed by atoms with Crippen LogP contribution in [0.2, 0.25) is 0 Å². The Morgan fingerprint density at radius 3 is 2.53 bits per heavy atom. The number of nitrogens with zero attached hydrogens (tertiary/aromatic N) is 1. The molecular weight excluding hydrogens is 258 g/mol. The number of rotatable bonds is 2. The molecule has 0 saturated carbocycles. The molecule has 0 aromatic heterocycles. The van der Waals surface area contributed by atoms with Gasteiger partial charge in [-0.15, -0.1) is 0 Å². The maximum Gasteiger partial charge on any atom is 0.253 e. The van der Waals surface area contributed by atoms with E-state index in [1.54, 1.807) is 12.1 Å². The first kappa shape index (κ1) is 10.5. The number of carbonyl (C=O) groups excluding carboxylic acids is 1. The minimum absolute atomic E-state index is 0.0483. The second-order valence-electron chi connectivity index (χ2n) is 3.78. The third kappa shape index (κ3) is 2.15. The van der Waals surface area contributed by atoms with Crippen LogP contribution in [0, 0.1) is 5.92 Å². The molecule has 0 unspecified atom stereocenters. The average molecular weight is 270 g/mol. The largest absolute Gasteiger partial charge is 0.508 e. The molecule has 0 aliphatic carbocycles. The Kier molecular flexibility index (Phi) is 2.95. The van der Waals surface area contributed by atoms with E-state index in [1.165, 1.54) is 12.1 Å². The molecule has 0 radical (unpaired) electrons. The normalized spacial score (nSPS) is 16.2. The minimum atomic E-state index is 0.0483. The van der Waals surface area contributed by atoms with E-state index in [2.05, 4.69) is 15.9 Å². The van der Waals surface area contributed by atoms with Crippen molar-refractivity contribution in [2.75, 3.05) is 18.4 Å². The predicted octanol–water partition coefficient (Wildman–Crippen LogP) is 1.86. The van der Waals surface area contributed by atoms with Crippen molar-refractivity contribution in [1.29, 1.82) is 0 Å². The van der Waals surface area contributed by atoms with Crippen LogP contribution in [0.15, 0.2) is 24.3 Å². The van der Waals surface area contributed by atoms with E-state index in [4.69, 9.17) is 5.11 Å². The summed E-state index contributed by atoms with van der Waals surface area (Å²) < 4.78 is 0. The molecule has 1 fully saturated rings. The lowest BCUT2D eigenvalue weighted by molar-refractivity contribution is 0.0539. The van der Waals surface area contributed by atoms with Gasteiger partial charge in [0.2, 0.25) is 0 Å². The SMILES string of the molecule is O=C(c1ccc(O)cc1)N1CC(CBr)C1. The lowest BCUT2D eigenvalue weighted by atomic mass is 10.0. The van der Waals surface area contributed by atoms with Gasteiger partial charge in [-0.3, -0.25) is 4.79 Å². The molecule has 0 bridgehead atoms. The molecule has 1 aromatic rings. The summed E-state index contributed by atoms with van der Waals surface area (Å²) in [6, 6.07) is 6.38. The number of phenolic OH excluding ortho intramolecular Hbond substituents is 1. The number of alkyl halides is 1. The number of hydrogen-bond acceptors (Lipinski definition) is 2. The van der Waals surface area contributed by atoms with Gasteiger partial charge in [0.1, 0.15) is 5.75 Å². The summed E-state index contributed by atoms with van der Waals surface area (Å²) in [4.78, 5) is 13.6. The predicted molar refractivity (Wildman–Crippen MR) is 61.3 cm³/mol. The summed E-state index contributed by atoms with van der Waals surface area (Å²) in [5.74, 6) is 0.826. The summed E-state index contributed by atoms with van der Waals surface area (Å²) in [5, 5.41) is 10.0. The lowest BCUT2D eigenvalue weighted by Crippen LogP contribution is -2.50. The summed E-state index contributed by atoms with van der Waals surface area (Å²) in [7, 11) is 0. The summed E-state index contributed by atoms with van der Waals surface area (Å²) >= 11 is 3.40. The number of carbonyl (C=O) groups is 1. The number of hydrogen-bond donors (Lipinski definition) is 1. The van der Waals surface area contributed by atoms with Crippen molar-refractivity contribution in [1.82, 2.24) is 4.90 Å². The van der Waals surface area contributed by atoms with Crippen molar-refractivity contribution in [3.63, 3.8) is 0 Å². The highest BCUT2D eigenvalue weighted by molar-refractivity contribution is 9.09. The standard InChI is InChI=1S/C11H12BrNO2/c12-5-8-6-13(7-8)11(15)9-1-3-10(14)4-2-9/h1-4,8,14H,5-7H2. The average Bonchev–Trinajstić information content (AvgIpc) is 2.17. The smallest absolute Gasteiger partial charge is 0.253 e. The Balaban J connectivity index is 2.00. The van der Waals surface area contributed by atoms with Gasteiger partial charge in [-0.2, -0.15) is 0 Å². The van der Waals surface area contributed by atoms with Gasteiger partial charge in [0.05, 0.1) is 0 Å². The highest BCUT2D eigenvalue weighted by Gasteiger charge is 2.29. The Morgan fingerprint density at radius 1 is 1.40 bits per heavy atom. The van der Waals surface area contributed by atoms with Crippen molar-refractivity contribution in [2.45, 2.75) is 0 Å². The highest BCUT2D eigenvalue weighted by Crippen LogP contribution is 2.21. The van der Waals surface area contributed by atoms with Crippen molar-refractivity contribution in [2.24, 2.45) is 5.92 Å². The van der Waals surface area contributed by atoms with Crippen LogP contribution in [-0.4, -0.2) is 34.3 Å². The van der Waals surface area contributed by atoms with E-state index in [0.717, 1.165) is 18.4 Å². The van der Waals surface area contributed by atoms with Crippen molar-refractivity contribution < 1.29 is 9.90 Å². The lowest BCUT2D eigenvalue weighted by Gasteiger charge is -2.38. The zero-order valence-electron chi connectivity index (χ0n) is 8.19. The van der Waals surface area contributed by atoms with Gasteiger partial charge in [0, 0.05) is 29.9 Å². The second kappa shape index (κ2) is 4.23. The number of benzene rings is 1. The number of likely N-dealkylation sites (tertiary alicyclic amines) is 1. The fourth-order valence-electron chi connectivity index (χ4n) is 1.62. The molecule has 0 spiro atoms. The van der Waals surface area contributed by atoms with E-state index in [9.17, 15) is 4.79 Å². The van der Waals surface area contributed by atoms with Gasteiger partial charge < -0.3 is 10.0 Å². The fourth-order valence-corrected chi connectivity index (χ4v) is 2.03. The van der Waals surface area contributed by atoms with E-state index >= 15 is 0 Å². The second-order valence-corrected chi connectivity index (χ2v) is 4.42. The monoisotopic (exact) mass is 269 g/mol. The molecule has 1 amide bonds. The van der Waals surface area contributed by atoms with Crippen LogP contribution in [0.25, 0.3) is 0 Å². The number of aromatic hydroxyl groups is 1. The van der Waals surface area contributed by atoms with Crippen LogP contribution in [0.4, 0.5) is 0 Å². The first-order valence-corrected chi connectivity index (χ1v) is 5.97. The third-order valence-electron chi connectivity index (χ3n) is 2.58. The minimum Gasteiger partial charge on any atom is -0.508 e. The van der Waals surface area contributed by atoms with Crippen molar-refractivity contribution >= 4 is 21.8 Å². The van der Waals surface area contributed by atoms with E-state index in [-0.39, 0.29) is 11.7 Å². The van der Waals surface area contributed by atoms with Crippen LogP contribution < -0.4 is 0 Å². The highest BCUT2D eigenvalue weighted by atomic mass is 79.9. The molecule has 1 N–H and O–H groups in total. The summed E-state index contributed by atoms with van der Waals surface area (Å²) in [6.07, 6.45) is 0.